The van der Waals surface area contributed by atoms with Crippen LogP contribution in [0.3, 0.4) is 0 Å². The van der Waals surface area contributed by atoms with Gasteiger partial charge in [-0.15, -0.1) is 0 Å². The van der Waals surface area contributed by atoms with Crippen LogP contribution in [0.4, 0.5) is 0 Å². The average Bonchev–Trinajstić information content (AvgIpc) is 3.28. The fourth-order valence-corrected chi connectivity index (χ4v) is 2.84. The summed E-state index contributed by atoms with van der Waals surface area (Å²) in [6.07, 6.45) is 0.731. The van der Waals surface area contributed by atoms with Crippen molar-refractivity contribution in [1.82, 2.24) is 15.4 Å². The molecule has 0 saturated carbocycles. The SMILES string of the molecule is COc1cccc(OCc2cc(C(=O)N3CCC(NC(C)=O)C3)no2)c1. The summed E-state index contributed by atoms with van der Waals surface area (Å²) in [6.45, 7) is 2.67. The second-order valence-corrected chi connectivity index (χ2v) is 6.08. The van der Waals surface area contributed by atoms with E-state index in [4.69, 9.17) is 14.0 Å². The van der Waals surface area contributed by atoms with E-state index in [1.165, 1.54) is 6.92 Å². The van der Waals surface area contributed by atoms with Gasteiger partial charge in [-0.05, 0) is 18.6 Å². The first-order valence-electron chi connectivity index (χ1n) is 8.34. The van der Waals surface area contributed by atoms with Crippen molar-refractivity contribution in [3.63, 3.8) is 0 Å². The van der Waals surface area contributed by atoms with Crippen molar-refractivity contribution in [3.05, 3.63) is 41.8 Å². The summed E-state index contributed by atoms with van der Waals surface area (Å²) in [5, 5.41) is 6.66. The highest BCUT2D eigenvalue weighted by Crippen LogP contribution is 2.20. The monoisotopic (exact) mass is 359 g/mol. The lowest BCUT2D eigenvalue weighted by Gasteiger charge is -2.15. The molecule has 8 nitrogen and oxygen atoms in total. The fraction of sp³-hybridized carbons (Fsp3) is 0.389. The Morgan fingerprint density at radius 1 is 1.35 bits per heavy atom. The first-order valence-corrected chi connectivity index (χ1v) is 8.34. The Morgan fingerprint density at radius 3 is 2.92 bits per heavy atom. The molecule has 1 unspecified atom stereocenters. The maximum absolute atomic E-state index is 12.5. The molecule has 1 atom stereocenters. The largest absolute Gasteiger partial charge is 0.497 e. The maximum atomic E-state index is 12.5. The predicted octanol–water partition coefficient (Wildman–Crippen LogP) is 1.61. The van der Waals surface area contributed by atoms with E-state index in [9.17, 15) is 9.59 Å². The molecule has 0 aliphatic carbocycles. The van der Waals surface area contributed by atoms with Crippen LogP contribution in [-0.2, 0) is 11.4 Å². The van der Waals surface area contributed by atoms with E-state index in [0.717, 1.165) is 6.42 Å². The van der Waals surface area contributed by atoms with Crippen LogP contribution in [-0.4, -0.2) is 48.1 Å². The molecule has 1 aliphatic rings. The molecule has 0 bridgehead atoms. The molecule has 1 fully saturated rings. The summed E-state index contributed by atoms with van der Waals surface area (Å²) < 4.78 is 16.0. The minimum Gasteiger partial charge on any atom is -0.497 e. The number of rotatable bonds is 6. The summed E-state index contributed by atoms with van der Waals surface area (Å²) >= 11 is 0. The molecule has 1 N–H and O–H groups in total. The molecule has 2 amide bonds. The van der Waals surface area contributed by atoms with E-state index in [1.807, 2.05) is 12.1 Å². The van der Waals surface area contributed by atoms with Gasteiger partial charge in [0.2, 0.25) is 5.91 Å². The van der Waals surface area contributed by atoms with Gasteiger partial charge in [0.1, 0.15) is 18.1 Å². The third kappa shape index (κ3) is 4.33. The van der Waals surface area contributed by atoms with Crippen LogP contribution in [0.25, 0.3) is 0 Å². The number of benzene rings is 1. The Bertz CT molecular complexity index is 789. The Morgan fingerprint density at radius 2 is 2.15 bits per heavy atom. The summed E-state index contributed by atoms with van der Waals surface area (Å²) in [5.74, 6) is 1.47. The molecule has 2 aromatic rings. The van der Waals surface area contributed by atoms with Crippen molar-refractivity contribution in [1.29, 1.82) is 0 Å². The lowest BCUT2D eigenvalue weighted by atomic mass is 10.2. The van der Waals surface area contributed by atoms with E-state index >= 15 is 0 Å². The zero-order chi connectivity index (χ0) is 18.5. The summed E-state index contributed by atoms with van der Waals surface area (Å²) in [6, 6.07) is 8.77. The third-order valence-electron chi connectivity index (χ3n) is 4.08. The molecule has 1 aromatic heterocycles. The van der Waals surface area contributed by atoms with E-state index in [-0.39, 0.29) is 30.2 Å². The minimum absolute atomic E-state index is 0.0146. The Labute approximate surface area is 151 Å². The second-order valence-electron chi connectivity index (χ2n) is 6.08. The van der Waals surface area contributed by atoms with Crippen LogP contribution in [0.15, 0.2) is 34.9 Å². The van der Waals surface area contributed by atoms with E-state index in [2.05, 4.69) is 10.5 Å². The Balaban J connectivity index is 1.55. The van der Waals surface area contributed by atoms with Crippen molar-refractivity contribution in [2.45, 2.75) is 26.0 Å². The molecular formula is C18H21N3O5. The number of nitrogens with zero attached hydrogens (tertiary/aromatic N) is 2. The van der Waals surface area contributed by atoms with Gasteiger partial charge in [0, 0.05) is 38.2 Å². The molecule has 0 radical (unpaired) electrons. The maximum Gasteiger partial charge on any atom is 0.276 e. The summed E-state index contributed by atoms with van der Waals surface area (Å²) in [5.41, 5.74) is 0.234. The highest BCUT2D eigenvalue weighted by molar-refractivity contribution is 5.92. The van der Waals surface area contributed by atoms with Gasteiger partial charge in [-0.25, -0.2) is 0 Å². The van der Waals surface area contributed by atoms with Crippen molar-refractivity contribution in [2.75, 3.05) is 20.2 Å². The lowest BCUT2D eigenvalue weighted by Crippen LogP contribution is -2.37. The molecular weight excluding hydrogens is 338 g/mol. The van der Waals surface area contributed by atoms with Crippen molar-refractivity contribution in [2.24, 2.45) is 0 Å². The van der Waals surface area contributed by atoms with Gasteiger partial charge in [0.15, 0.2) is 11.5 Å². The van der Waals surface area contributed by atoms with Gasteiger partial charge >= 0.3 is 0 Å². The first-order chi connectivity index (χ1) is 12.5. The number of amides is 2. The third-order valence-corrected chi connectivity index (χ3v) is 4.08. The van der Waals surface area contributed by atoms with Crippen molar-refractivity contribution >= 4 is 11.8 Å². The fourth-order valence-electron chi connectivity index (χ4n) is 2.84. The van der Waals surface area contributed by atoms with Crippen LogP contribution in [0.1, 0.15) is 29.6 Å². The van der Waals surface area contributed by atoms with Crippen LogP contribution in [0, 0.1) is 0 Å². The van der Waals surface area contributed by atoms with Gasteiger partial charge in [-0.3, -0.25) is 9.59 Å². The average molecular weight is 359 g/mol. The topological polar surface area (TPSA) is 93.9 Å². The van der Waals surface area contributed by atoms with Gasteiger partial charge in [0.25, 0.3) is 5.91 Å². The van der Waals surface area contributed by atoms with Crippen LogP contribution < -0.4 is 14.8 Å². The van der Waals surface area contributed by atoms with Gasteiger partial charge in [0.05, 0.1) is 7.11 Å². The van der Waals surface area contributed by atoms with Crippen LogP contribution in [0.2, 0.25) is 0 Å². The number of aromatic nitrogens is 1. The normalized spacial score (nSPS) is 16.4. The van der Waals surface area contributed by atoms with Crippen molar-refractivity contribution < 1.29 is 23.6 Å². The second kappa shape index (κ2) is 7.90. The quantitative estimate of drug-likeness (QED) is 0.842. The molecule has 8 heteroatoms. The molecule has 1 aliphatic heterocycles. The number of likely N-dealkylation sites (tertiary alicyclic amines) is 1. The highest BCUT2D eigenvalue weighted by Gasteiger charge is 2.29. The molecule has 0 spiro atoms. The minimum atomic E-state index is -0.214. The number of ether oxygens (including phenoxy) is 2. The highest BCUT2D eigenvalue weighted by atomic mass is 16.5. The van der Waals surface area contributed by atoms with E-state index in [1.54, 1.807) is 30.2 Å². The number of carbonyl (C=O) groups is 2. The smallest absolute Gasteiger partial charge is 0.276 e. The number of hydrogen-bond donors (Lipinski definition) is 1. The van der Waals surface area contributed by atoms with Crippen LogP contribution in [0.5, 0.6) is 11.5 Å². The van der Waals surface area contributed by atoms with Crippen molar-refractivity contribution in [3.8, 4) is 11.5 Å². The molecule has 3 rings (SSSR count). The van der Waals surface area contributed by atoms with Gasteiger partial charge in [-0.1, -0.05) is 11.2 Å². The summed E-state index contributed by atoms with van der Waals surface area (Å²) in [4.78, 5) is 25.3. The summed E-state index contributed by atoms with van der Waals surface area (Å²) in [7, 11) is 1.59. The number of hydrogen-bond acceptors (Lipinski definition) is 6. The van der Waals surface area contributed by atoms with E-state index in [0.29, 0.717) is 30.3 Å². The molecule has 138 valence electrons. The number of carbonyl (C=O) groups excluding carboxylic acids is 2. The standard InChI is InChI=1S/C18H21N3O5/c1-12(22)19-13-6-7-21(10-13)18(23)17-9-16(26-20-17)11-25-15-5-3-4-14(8-15)24-2/h3-5,8-9,13H,6-7,10-11H2,1-2H3,(H,19,22). The molecule has 26 heavy (non-hydrogen) atoms. The molecule has 2 heterocycles. The number of nitrogens with one attached hydrogen (secondary N) is 1. The molecule has 1 saturated heterocycles. The number of methoxy groups -OCH3 is 1. The Kier molecular flexibility index (Phi) is 5.40. The first kappa shape index (κ1) is 17.8. The van der Waals surface area contributed by atoms with Gasteiger partial charge < -0.3 is 24.2 Å². The zero-order valence-electron chi connectivity index (χ0n) is 14.7. The van der Waals surface area contributed by atoms with Gasteiger partial charge in [-0.2, -0.15) is 0 Å². The molecule has 1 aromatic carbocycles. The van der Waals surface area contributed by atoms with E-state index < -0.39 is 0 Å². The zero-order valence-corrected chi connectivity index (χ0v) is 14.7. The Hall–Kier alpha value is -3.03. The van der Waals surface area contributed by atoms with Crippen LogP contribution >= 0.6 is 0 Å². The lowest BCUT2D eigenvalue weighted by molar-refractivity contribution is -0.119. The predicted molar refractivity (Wildman–Crippen MR) is 92.0 cm³/mol.